The second-order valence-electron chi connectivity index (χ2n) is 2.54. The van der Waals surface area contributed by atoms with Crippen molar-refractivity contribution in [3.05, 3.63) is 23.4 Å². The van der Waals surface area contributed by atoms with Gasteiger partial charge in [0.1, 0.15) is 5.03 Å². The Morgan fingerprint density at radius 1 is 1.62 bits per heavy atom. The molecule has 0 radical (unpaired) electrons. The number of hydrogen-bond acceptors (Lipinski definition) is 4. The van der Waals surface area contributed by atoms with Gasteiger partial charge in [0, 0.05) is 5.69 Å². The van der Waals surface area contributed by atoms with Crippen molar-refractivity contribution < 1.29 is 9.53 Å². The van der Waals surface area contributed by atoms with Crippen molar-refractivity contribution in [3.63, 3.8) is 0 Å². The molecule has 0 saturated heterocycles. The number of hydrogen-bond donors (Lipinski definition) is 1. The largest absolute Gasteiger partial charge is 0.462 e. The fourth-order valence-electron chi connectivity index (χ4n) is 0.911. The quantitative estimate of drug-likeness (QED) is 0.581. The molecule has 4 heteroatoms. The van der Waals surface area contributed by atoms with Gasteiger partial charge in [0.15, 0.2) is 0 Å². The van der Waals surface area contributed by atoms with Gasteiger partial charge in [-0.1, -0.05) is 0 Å². The smallest absolute Gasteiger partial charge is 0.340 e. The Morgan fingerprint density at radius 3 is 2.85 bits per heavy atom. The summed E-state index contributed by atoms with van der Waals surface area (Å²) in [4.78, 5) is 15.3. The van der Waals surface area contributed by atoms with Crippen molar-refractivity contribution in [2.75, 3.05) is 6.61 Å². The average molecular weight is 197 g/mol. The SMILES string of the molecule is CCOC(=O)c1ccc(C)nc1S. The normalized spacial score (nSPS) is 9.77. The first kappa shape index (κ1) is 10.1. The molecular formula is C9H11NO2S. The van der Waals surface area contributed by atoms with E-state index >= 15 is 0 Å². The van der Waals surface area contributed by atoms with Crippen LogP contribution in [-0.4, -0.2) is 17.6 Å². The van der Waals surface area contributed by atoms with Crippen molar-refractivity contribution in [1.82, 2.24) is 4.98 Å². The Morgan fingerprint density at radius 2 is 2.31 bits per heavy atom. The van der Waals surface area contributed by atoms with E-state index in [9.17, 15) is 4.79 Å². The van der Waals surface area contributed by atoms with Crippen molar-refractivity contribution in [1.29, 1.82) is 0 Å². The van der Waals surface area contributed by atoms with Gasteiger partial charge in [-0.25, -0.2) is 9.78 Å². The first-order chi connectivity index (χ1) is 6.15. The number of rotatable bonds is 2. The van der Waals surface area contributed by atoms with Crippen LogP contribution in [0.1, 0.15) is 23.0 Å². The van der Waals surface area contributed by atoms with Crippen molar-refractivity contribution in [2.24, 2.45) is 0 Å². The summed E-state index contributed by atoms with van der Waals surface area (Å²) in [7, 11) is 0. The van der Waals surface area contributed by atoms with Crippen LogP contribution in [0.4, 0.5) is 0 Å². The zero-order valence-electron chi connectivity index (χ0n) is 7.57. The molecule has 0 aliphatic heterocycles. The molecule has 1 aromatic heterocycles. The number of pyridine rings is 1. The summed E-state index contributed by atoms with van der Waals surface area (Å²) in [6.45, 7) is 3.96. The minimum absolute atomic E-state index is 0.361. The Labute approximate surface area is 82.5 Å². The number of ether oxygens (including phenoxy) is 1. The molecule has 0 atom stereocenters. The van der Waals surface area contributed by atoms with E-state index in [1.54, 1.807) is 19.1 Å². The Kier molecular flexibility index (Phi) is 3.31. The van der Waals surface area contributed by atoms with Gasteiger partial charge >= 0.3 is 5.97 Å². The molecule has 1 rings (SSSR count). The zero-order chi connectivity index (χ0) is 9.84. The van der Waals surface area contributed by atoms with Gasteiger partial charge in [0.25, 0.3) is 0 Å². The first-order valence-electron chi connectivity index (χ1n) is 3.99. The van der Waals surface area contributed by atoms with Gasteiger partial charge in [-0.15, -0.1) is 12.6 Å². The summed E-state index contributed by atoms with van der Waals surface area (Å²) in [5.41, 5.74) is 1.24. The maximum atomic E-state index is 11.3. The van der Waals surface area contributed by atoms with Crippen LogP contribution in [0.5, 0.6) is 0 Å². The van der Waals surface area contributed by atoms with Crippen LogP contribution in [0.25, 0.3) is 0 Å². The van der Waals surface area contributed by atoms with E-state index in [4.69, 9.17) is 4.74 Å². The molecule has 0 bridgehead atoms. The fourth-order valence-corrected chi connectivity index (χ4v) is 1.23. The number of aromatic nitrogens is 1. The molecule has 0 aromatic carbocycles. The highest BCUT2D eigenvalue weighted by atomic mass is 32.1. The zero-order valence-corrected chi connectivity index (χ0v) is 8.47. The summed E-state index contributed by atoms with van der Waals surface area (Å²) in [5, 5.41) is 0.415. The van der Waals surface area contributed by atoms with Crippen LogP contribution in [0.15, 0.2) is 17.2 Å². The fraction of sp³-hybridized carbons (Fsp3) is 0.333. The van der Waals surface area contributed by atoms with E-state index in [0.29, 0.717) is 17.2 Å². The van der Waals surface area contributed by atoms with Crippen LogP contribution in [0, 0.1) is 6.92 Å². The van der Waals surface area contributed by atoms with Crippen LogP contribution in [-0.2, 0) is 4.74 Å². The lowest BCUT2D eigenvalue weighted by atomic mass is 10.2. The molecule has 0 fully saturated rings. The lowest BCUT2D eigenvalue weighted by Crippen LogP contribution is -2.06. The summed E-state index contributed by atoms with van der Waals surface area (Å²) >= 11 is 4.09. The summed E-state index contributed by atoms with van der Waals surface area (Å²) < 4.78 is 4.82. The molecule has 1 heterocycles. The molecule has 3 nitrogen and oxygen atoms in total. The molecule has 0 spiro atoms. The topological polar surface area (TPSA) is 39.2 Å². The van der Waals surface area contributed by atoms with Gasteiger partial charge in [-0.2, -0.15) is 0 Å². The highest BCUT2D eigenvalue weighted by Crippen LogP contribution is 2.12. The molecule has 70 valence electrons. The molecule has 0 aliphatic rings. The van der Waals surface area contributed by atoms with Crippen LogP contribution in [0.2, 0.25) is 0 Å². The summed E-state index contributed by atoms with van der Waals surface area (Å²) in [6, 6.07) is 3.43. The lowest BCUT2D eigenvalue weighted by molar-refractivity contribution is 0.0521. The third-order valence-electron chi connectivity index (χ3n) is 1.51. The van der Waals surface area contributed by atoms with Crippen LogP contribution in [0.3, 0.4) is 0 Å². The minimum Gasteiger partial charge on any atom is -0.462 e. The molecule has 0 aliphatic carbocycles. The number of esters is 1. The van der Waals surface area contributed by atoms with E-state index in [-0.39, 0.29) is 5.97 Å². The predicted octanol–water partition coefficient (Wildman–Crippen LogP) is 1.86. The Balaban J connectivity index is 2.95. The first-order valence-corrected chi connectivity index (χ1v) is 4.43. The maximum Gasteiger partial charge on any atom is 0.340 e. The Bertz CT molecular complexity index is 325. The maximum absolute atomic E-state index is 11.3. The van der Waals surface area contributed by atoms with Crippen molar-refractivity contribution in [3.8, 4) is 0 Å². The lowest BCUT2D eigenvalue weighted by Gasteiger charge is -2.03. The monoisotopic (exact) mass is 197 g/mol. The second-order valence-corrected chi connectivity index (χ2v) is 2.97. The van der Waals surface area contributed by atoms with E-state index in [1.165, 1.54) is 0 Å². The molecule has 0 N–H and O–H groups in total. The summed E-state index contributed by atoms with van der Waals surface area (Å²) in [6.07, 6.45) is 0. The third kappa shape index (κ3) is 2.45. The minimum atomic E-state index is -0.375. The van der Waals surface area contributed by atoms with Crippen LogP contribution < -0.4 is 0 Å². The molecular weight excluding hydrogens is 186 g/mol. The number of nitrogens with zero attached hydrogens (tertiary/aromatic N) is 1. The molecule has 0 unspecified atom stereocenters. The van der Waals surface area contributed by atoms with Crippen LogP contribution >= 0.6 is 12.6 Å². The number of carbonyl (C=O) groups excluding carboxylic acids is 1. The number of thiol groups is 1. The van der Waals surface area contributed by atoms with E-state index in [1.807, 2.05) is 6.92 Å². The van der Waals surface area contributed by atoms with E-state index in [0.717, 1.165) is 5.69 Å². The molecule has 1 aromatic rings. The van der Waals surface area contributed by atoms with Gasteiger partial charge in [-0.05, 0) is 26.0 Å². The Hall–Kier alpha value is -1.03. The molecule has 0 saturated carbocycles. The van der Waals surface area contributed by atoms with Gasteiger partial charge < -0.3 is 4.74 Å². The van der Waals surface area contributed by atoms with Crippen molar-refractivity contribution >= 4 is 18.6 Å². The molecule has 13 heavy (non-hydrogen) atoms. The average Bonchev–Trinajstić information content (AvgIpc) is 2.04. The number of carbonyl (C=O) groups is 1. The van der Waals surface area contributed by atoms with Gasteiger partial charge in [0.05, 0.1) is 12.2 Å². The highest BCUT2D eigenvalue weighted by molar-refractivity contribution is 7.80. The number of aryl methyl sites for hydroxylation is 1. The summed E-state index contributed by atoms with van der Waals surface area (Å²) in [5.74, 6) is -0.375. The van der Waals surface area contributed by atoms with E-state index in [2.05, 4.69) is 17.6 Å². The van der Waals surface area contributed by atoms with Gasteiger partial charge in [0.2, 0.25) is 0 Å². The standard InChI is InChI=1S/C9H11NO2S/c1-3-12-9(11)7-5-4-6(2)10-8(7)13/h4-5H,3H2,1-2H3,(H,10,13). The molecule has 0 amide bonds. The van der Waals surface area contributed by atoms with Gasteiger partial charge in [-0.3, -0.25) is 0 Å². The third-order valence-corrected chi connectivity index (χ3v) is 1.85. The predicted molar refractivity (Wildman–Crippen MR) is 52.2 cm³/mol. The van der Waals surface area contributed by atoms with E-state index < -0.39 is 0 Å². The van der Waals surface area contributed by atoms with Crippen molar-refractivity contribution in [2.45, 2.75) is 18.9 Å². The highest BCUT2D eigenvalue weighted by Gasteiger charge is 2.10. The second kappa shape index (κ2) is 4.28.